The minimum atomic E-state index is -0.0348. The van der Waals surface area contributed by atoms with Crippen LogP contribution in [0.4, 0.5) is 0 Å². The van der Waals surface area contributed by atoms with E-state index in [4.69, 9.17) is 4.74 Å². The first-order chi connectivity index (χ1) is 9.10. The highest BCUT2D eigenvalue weighted by molar-refractivity contribution is 5.83. The molecule has 1 aromatic rings. The Labute approximate surface area is 116 Å². The van der Waals surface area contributed by atoms with Crippen LogP contribution in [0.2, 0.25) is 0 Å². The lowest BCUT2D eigenvalue weighted by Gasteiger charge is -2.21. The second-order valence-corrected chi connectivity index (χ2v) is 5.05. The van der Waals surface area contributed by atoms with Gasteiger partial charge >= 0.3 is 0 Å². The zero-order chi connectivity index (χ0) is 14.3. The second kappa shape index (κ2) is 7.82. The third kappa shape index (κ3) is 4.58. The number of amides is 1. The van der Waals surface area contributed by atoms with Gasteiger partial charge in [-0.15, -0.1) is 0 Å². The molecule has 1 rings (SSSR count). The van der Waals surface area contributed by atoms with E-state index >= 15 is 0 Å². The number of carbonyl (C=O) groups is 1. The van der Waals surface area contributed by atoms with Gasteiger partial charge in [0, 0.05) is 14.1 Å². The summed E-state index contributed by atoms with van der Waals surface area (Å²) in [4.78, 5) is 14.0. The third-order valence-corrected chi connectivity index (χ3v) is 3.35. The Morgan fingerprint density at radius 3 is 2.32 bits per heavy atom. The summed E-state index contributed by atoms with van der Waals surface area (Å²) in [6.07, 6.45) is 4.35. The summed E-state index contributed by atoms with van der Waals surface area (Å²) in [6, 6.07) is 7.84. The molecule has 1 atom stereocenters. The summed E-state index contributed by atoms with van der Waals surface area (Å²) < 4.78 is 5.16. The number of benzene rings is 1. The van der Waals surface area contributed by atoms with Crippen molar-refractivity contribution < 1.29 is 9.53 Å². The van der Waals surface area contributed by atoms with Gasteiger partial charge in [-0.25, -0.2) is 0 Å². The van der Waals surface area contributed by atoms with Crippen molar-refractivity contribution in [3.8, 4) is 5.75 Å². The molecule has 0 radical (unpaired) electrons. The molecule has 0 saturated carbocycles. The number of hydrogen-bond acceptors (Lipinski definition) is 2. The van der Waals surface area contributed by atoms with Gasteiger partial charge in [0.05, 0.1) is 13.0 Å². The molecule has 19 heavy (non-hydrogen) atoms. The fourth-order valence-electron chi connectivity index (χ4n) is 2.18. The number of carbonyl (C=O) groups excluding carboxylic acids is 1. The Kier molecular flexibility index (Phi) is 6.40. The summed E-state index contributed by atoms with van der Waals surface area (Å²) in [5.41, 5.74) is 1.08. The first-order valence-corrected chi connectivity index (χ1v) is 6.95. The molecule has 0 heterocycles. The minimum Gasteiger partial charge on any atom is -0.497 e. The standard InChI is InChI=1S/C16H25NO2/c1-5-6-7-8-15(16(18)17(2)3)13-9-11-14(19-4)12-10-13/h9-12,15H,5-8H2,1-4H3. The zero-order valence-electron chi connectivity index (χ0n) is 12.5. The Morgan fingerprint density at radius 1 is 1.21 bits per heavy atom. The van der Waals surface area contributed by atoms with Gasteiger partial charge in [0.15, 0.2) is 0 Å². The summed E-state index contributed by atoms with van der Waals surface area (Å²) in [6.45, 7) is 2.18. The maximum atomic E-state index is 12.3. The van der Waals surface area contributed by atoms with Gasteiger partial charge in [0.25, 0.3) is 0 Å². The molecule has 3 nitrogen and oxygen atoms in total. The number of unbranched alkanes of at least 4 members (excludes halogenated alkanes) is 2. The zero-order valence-corrected chi connectivity index (χ0v) is 12.5. The normalized spacial score (nSPS) is 12.0. The highest BCUT2D eigenvalue weighted by Crippen LogP contribution is 2.26. The molecular weight excluding hydrogens is 238 g/mol. The number of methoxy groups -OCH3 is 1. The van der Waals surface area contributed by atoms with Gasteiger partial charge < -0.3 is 9.64 Å². The van der Waals surface area contributed by atoms with Gasteiger partial charge in [0.1, 0.15) is 5.75 Å². The van der Waals surface area contributed by atoms with Gasteiger partial charge in [-0.2, -0.15) is 0 Å². The highest BCUT2D eigenvalue weighted by atomic mass is 16.5. The van der Waals surface area contributed by atoms with E-state index in [1.54, 1.807) is 12.0 Å². The van der Waals surface area contributed by atoms with Crippen molar-refractivity contribution in [1.82, 2.24) is 4.90 Å². The third-order valence-electron chi connectivity index (χ3n) is 3.35. The van der Waals surface area contributed by atoms with Crippen molar-refractivity contribution >= 4 is 5.91 Å². The lowest BCUT2D eigenvalue weighted by Crippen LogP contribution is -2.28. The average molecular weight is 263 g/mol. The molecule has 1 amide bonds. The van der Waals surface area contributed by atoms with Gasteiger partial charge in [-0.1, -0.05) is 38.3 Å². The van der Waals surface area contributed by atoms with Crippen LogP contribution in [0.1, 0.15) is 44.1 Å². The van der Waals surface area contributed by atoms with Gasteiger partial charge in [-0.05, 0) is 24.1 Å². The van der Waals surface area contributed by atoms with Crippen LogP contribution in [0, 0.1) is 0 Å². The molecule has 1 aromatic carbocycles. The van der Waals surface area contributed by atoms with Gasteiger partial charge in [-0.3, -0.25) is 4.79 Å². The number of likely N-dealkylation sites (N-methyl/N-ethyl adjacent to an activating group) is 1. The number of hydrogen-bond donors (Lipinski definition) is 0. The summed E-state index contributed by atoms with van der Waals surface area (Å²) >= 11 is 0. The Balaban J connectivity index is 2.84. The maximum Gasteiger partial charge on any atom is 0.229 e. The molecule has 106 valence electrons. The Hall–Kier alpha value is -1.51. The Morgan fingerprint density at radius 2 is 1.84 bits per heavy atom. The molecule has 3 heteroatoms. The molecule has 0 fully saturated rings. The SMILES string of the molecule is CCCCCC(C(=O)N(C)C)c1ccc(OC)cc1. The van der Waals surface area contributed by atoms with E-state index in [-0.39, 0.29) is 11.8 Å². The predicted octanol–water partition coefficient (Wildman–Crippen LogP) is 3.45. The largest absolute Gasteiger partial charge is 0.497 e. The molecule has 0 aliphatic carbocycles. The molecule has 0 aliphatic rings. The van der Waals surface area contributed by atoms with E-state index in [0.717, 1.165) is 24.2 Å². The van der Waals surface area contributed by atoms with Crippen LogP contribution in [-0.4, -0.2) is 32.0 Å². The highest BCUT2D eigenvalue weighted by Gasteiger charge is 2.21. The van der Waals surface area contributed by atoms with E-state index in [1.165, 1.54) is 12.8 Å². The van der Waals surface area contributed by atoms with E-state index in [0.29, 0.717) is 0 Å². The molecule has 0 N–H and O–H groups in total. The average Bonchev–Trinajstić information content (AvgIpc) is 2.43. The van der Waals surface area contributed by atoms with Crippen molar-refractivity contribution in [2.24, 2.45) is 0 Å². The van der Waals surface area contributed by atoms with Crippen molar-refractivity contribution in [3.63, 3.8) is 0 Å². The summed E-state index contributed by atoms with van der Waals surface area (Å²) in [5.74, 6) is 0.974. The van der Waals surface area contributed by atoms with E-state index < -0.39 is 0 Å². The van der Waals surface area contributed by atoms with Crippen LogP contribution < -0.4 is 4.74 Å². The van der Waals surface area contributed by atoms with E-state index in [9.17, 15) is 4.79 Å². The number of ether oxygens (including phenoxy) is 1. The van der Waals surface area contributed by atoms with Crippen LogP contribution in [0.15, 0.2) is 24.3 Å². The van der Waals surface area contributed by atoms with Crippen molar-refractivity contribution in [2.45, 2.75) is 38.5 Å². The minimum absolute atomic E-state index is 0.0348. The smallest absolute Gasteiger partial charge is 0.229 e. The predicted molar refractivity (Wildman–Crippen MR) is 78.6 cm³/mol. The van der Waals surface area contributed by atoms with Crippen LogP contribution in [0.5, 0.6) is 5.75 Å². The monoisotopic (exact) mass is 263 g/mol. The fourth-order valence-corrected chi connectivity index (χ4v) is 2.18. The molecule has 1 unspecified atom stereocenters. The van der Waals surface area contributed by atoms with Crippen LogP contribution in [0.3, 0.4) is 0 Å². The lowest BCUT2D eigenvalue weighted by atomic mass is 9.92. The van der Waals surface area contributed by atoms with E-state index in [2.05, 4.69) is 6.92 Å². The molecule has 0 saturated heterocycles. The first-order valence-electron chi connectivity index (χ1n) is 6.95. The molecule has 0 aromatic heterocycles. The van der Waals surface area contributed by atoms with Crippen molar-refractivity contribution in [1.29, 1.82) is 0 Å². The van der Waals surface area contributed by atoms with Crippen LogP contribution >= 0.6 is 0 Å². The topological polar surface area (TPSA) is 29.5 Å². The van der Waals surface area contributed by atoms with E-state index in [1.807, 2.05) is 38.4 Å². The maximum absolute atomic E-state index is 12.3. The molecule has 0 aliphatic heterocycles. The number of nitrogens with zero attached hydrogens (tertiary/aromatic N) is 1. The summed E-state index contributed by atoms with van der Waals surface area (Å²) in [7, 11) is 5.29. The Bertz CT molecular complexity index is 384. The van der Waals surface area contributed by atoms with Crippen molar-refractivity contribution in [3.05, 3.63) is 29.8 Å². The number of rotatable bonds is 7. The molecule has 0 spiro atoms. The van der Waals surface area contributed by atoms with Crippen LogP contribution in [0.25, 0.3) is 0 Å². The molecule has 0 bridgehead atoms. The first kappa shape index (κ1) is 15.5. The van der Waals surface area contributed by atoms with Crippen LogP contribution in [-0.2, 0) is 4.79 Å². The lowest BCUT2D eigenvalue weighted by molar-refractivity contribution is -0.130. The van der Waals surface area contributed by atoms with Crippen molar-refractivity contribution in [2.75, 3.05) is 21.2 Å². The van der Waals surface area contributed by atoms with Gasteiger partial charge in [0.2, 0.25) is 5.91 Å². The summed E-state index contributed by atoms with van der Waals surface area (Å²) in [5, 5.41) is 0. The molecular formula is C16H25NO2. The quantitative estimate of drug-likeness (QED) is 0.705. The second-order valence-electron chi connectivity index (χ2n) is 5.05. The fraction of sp³-hybridized carbons (Fsp3) is 0.562.